The summed E-state index contributed by atoms with van der Waals surface area (Å²) in [5.41, 5.74) is 3.31. The van der Waals surface area contributed by atoms with E-state index in [1.54, 1.807) is 7.11 Å². The van der Waals surface area contributed by atoms with Gasteiger partial charge in [-0.05, 0) is 52.5 Å². The Morgan fingerprint density at radius 1 is 0.523 bits per heavy atom. The molecule has 7 heteroatoms. The van der Waals surface area contributed by atoms with Crippen LogP contribution < -0.4 is 9.47 Å². The van der Waals surface area contributed by atoms with Gasteiger partial charge in [-0.2, -0.15) is 0 Å². The second-order valence-corrected chi connectivity index (χ2v) is 13.3. The largest absolute Gasteiger partial charge is 0.497 e. The van der Waals surface area contributed by atoms with Crippen LogP contribution in [0.1, 0.15) is 30.5 Å². The third kappa shape index (κ3) is 11.2. The van der Waals surface area contributed by atoms with Gasteiger partial charge in [-0.15, -0.1) is 23.5 Å². The predicted molar refractivity (Wildman–Crippen MR) is 184 cm³/mol. The summed E-state index contributed by atoms with van der Waals surface area (Å²) in [7, 11) is 1.66. The lowest BCUT2D eigenvalue weighted by Gasteiger charge is -2.37. The molecule has 0 unspecified atom stereocenters. The Balaban J connectivity index is 1.67. The molecule has 0 heterocycles. The van der Waals surface area contributed by atoms with Crippen molar-refractivity contribution in [3.8, 4) is 11.5 Å². The molecule has 0 bridgehead atoms. The summed E-state index contributed by atoms with van der Waals surface area (Å²) in [4.78, 5) is 0. The summed E-state index contributed by atoms with van der Waals surface area (Å²) >= 11 is 3.78. The lowest BCUT2D eigenvalue weighted by atomic mass is 10.1. The van der Waals surface area contributed by atoms with Crippen LogP contribution in [0.3, 0.4) is 0 Å². The topological polar surface area (TPSA) is 46.2 Å². The third-order valence-corrected chi connectivity index (χ3v) is 9.65. The van der Waals surface area contributed by atoms with Crippen LogP contribution in [0.4, 0.5) is 0 Å². The van der Waals surface area contributed by atoms with Gasteiger partial charge in [0, 0.05) is 0 Å². The molecule has 0 aliphatic heterocycles. The fourth-order valence-corrected chi connectivity index (χ4v) is 7.41. The minimum Gasteiger partial charge on any atom is -0.497 e. The van der Waals surface area contributed by atoms with Crippen LogP contribution in [0.25, 0.3) is 0 Å². The van der Waals surface area contributed by atoms with Crippen molar-refractivity contribution in [1.29, 1.82) is 0 Å². The van der Waals surface area contributed by atoms with Crippen LogP contribution in [-0.2, 0) is 34.0 Å². The van der Waals surface area contributed by atoms with Crippen molar-refractivity contribution in [2.75, 3.05) is 25.2 Å². The number of benzene rings is 4. The van der Waals surface area contributed by atoms with Gasteiger partial charge >= 0.3 is 0 Å². The first-order valence-electron chi connectivity index (χ1n) is 15.2. The maximum atomic E-state index is 6.85. The van der Waals surface area contributed by atoms with E-state index in [1.807, 2.05) is 102 Å². The molecule has 4 aromatic carbocycles. The van der Waals surface area contributed by atoms with Crippen molar-refractivity contribution in [3.63, 3.8) is 0 Å². The van der Waals surface area contributed by atoms with Gasteiger partial charge in [0.25, 0.3) is 0 Å². The van der Waals surface area contributed by atoms with Crippen LogP contribution in [-0.4, -0.2) is 48.1 Å². The molecule has 0 aromatic heterocycles. The van der Waals surface area contributed by atoms with E-state index in [2.05, 4.69) is 50.2 Å². The van der Waals surface area contributed by atoms with Crippen LogP contribution in [0, 0.1) is 0 Å². The van der Waals surface area contributed by atoms with Crippen molar-refractivity contribution < 1.29 is 23.7 Å². The molecule has 4 rings (SSSR count). The first kappa shape index (κ1) is 33.9. The molecule has 3 atom stereocenters. The summed E-state index contributed by atoms with van der Waals surface area (Å²) in [5.74, 6) is 3.45. The third-order valence-electron chi connectivity index (χ3n) is 6.97. The van der Waals surface area contributed by atoms with Gasteiger partial charge in [0.2, 0.25) is 0 Å². The number of hydrogen-bond donors (Lipinski definition) is 0. The zero-order valence-corrected chi connectivity index (χ0v) is 27.5. The summed E-state index contributed by atoms with van der Waals surface area (Å²) in [6, 6.07) is 38.4. The molecule has 0 aliphatic rings. The molecule has 0 saturated carbocycles. The summed E-state index contributed by atoms with van der Waals surface area (Å²) in [6.45, 7) is 6.03. The Bertz CT molecular complexity index is 1290. The Kier molecular flexibility index (Phi) is 15.0. The molecule has 0 fully saturated rings. The highest BCUT2D eigenvalue weighted by atomic mass is 32.2. The molecule has 0 aliphatic carbocycles. The van der Waals surface area contributed by atoms with Crippen LogP contribution in [0.2, 0.25) is 0 Å². The molecular weight excluding hydrogens is 589 g/mol. The van der Waals surface area contributed by atoms with Gasteiger partial charge in [-0.25, -0.2) is 0 Å². The minimum absolute atomic E-state index is 0.137. The Morgan fingerprint density at radius 3 is 1.41 bits per heavy atom. The molecule has 234 valence electrons. The average molecular weight is 633 g/mol. The maximum absolute atomic E-state index is 6.85. The highest BCUT2D eigenvalue weighted by molar-refractivity contribution is 8.17. The fraction of sp³-hybridized carbons (Fsp3) is 0.351. The van der Waals surface area contributed by atoms with Crippen LogP contribution in [0.15, 0.2) is 115 Å². The van der Waals surface area contributed by atoms with Crippen LogP contribution >= 0.6 is 23.5 Å². The Morgan fingerprint density at radius 2 is 0.955 bits per heavy atom. The summed E-state index contributed by atoms with van der Waals surface area (Å²) in [5, 5.41) is 0. The van der Waals surface area contributed by atoms with Gasteiger partial charge in [-0.1, -0.05) is 105 Å². The minimum atomic E-state index is -0.417. The highest BCUT2D eigenvalue weighted by Crippen LogP contribution is 2.34. The number of rotatable bonds is 20. The standard InChI is InChI=1S/C37H44O5S2/c1-4-43-37(44-5-2)36(42-27-31-19-13-8-14-20-31)35(41-26-30-17-11-7-12-18-30)34(40-25-29-15-9-6-10-16-29)28-39-33-23-21-32(38-3)22-24-33/h6-24,34-37H,4-5,25-28H2,1-3H3/t34-,35-,36-/m1/s1. The van der Waals surface area contributed by atoms with E-state index in [0.717, 1.165) is 39.7 Å². The molecule has 0 radical (unpaired) electrons. The van der Waals surface area contributed by atoms with E-state index in [4.69, 9.17) is 23.7 Å². The lowest BCUT2D eigenvalue weighted by Crippen LogP contribution is -2.49. The Labute approximate surface area is 271 Å². The van der Waals surface area contributed by atoms with Gasteiger partial charge in [-0.3, -0.25) is 0 Å². The van der Waals surface area contributed by atoms with Crippen LogP contribution in [0.5, 0.6) is 11.5 Å². The second kappa shape index (κ2) is 19.4. The van der Waals surface area contributed by atoms with E-state index in [1.165, 1.54) is 0 Å². The normalized spacial score (nSPS) is 13.4. The van der Waals surface area contributed by atoms with Crippen molar-refractivity contribution in [1.82, 2.24) is 0 Å². The monoisotopic (exact) mass is 632 g/mol. The molecule has 0 amide bonds. The second-order valence-electron chi connectivity index (χ2n) is 10.1. The van der Waals surface area contributed by atoms with E-state index >= 15 is 0 Å². The van der Waals surface area contributed by atoms with E-state index in [9.17, 15) is 0 Å². The van der Waals surface area contributed by atoms with Crippen molar-refractivity contribution >= 4 is 23.5 Å². The SMILES string of the molecule is CCSC(SCC)[C@H](OCc1ccccc1)[C@H](OCc1ccccc1)[C@@H](COc1ccc(OC)cc1)OCc1ccccc1. The summed E-state index contributed by atoms with van der Waals surface area (Å²) < 4.78 is 32.3. The van der Waals surface area contributed by atoms with Gasteiger partial charge < -0.3 is 23.7 Å². The zero-order valence-electron chi connectivity index (χ0n) is 25.9. The molecule has 0 spiro atoms. The smallest absolute Gasteiger partial charge is 0.121 e. The first-order valence-corrected chi connectivity index (χ1v) is 17.3. The molecule has 44 heavy (non-hydrogen) atoms. The quantitative estimate of drug-likeness (QED) is 0.0904. The van der Waals surface area contributed by atoms with Gasteiger partial charge in [0.05, 0.1) is 31.5 Å². The average Bonchev–Trinajstić information content (AvgIpc) is 3.08. The lowest BCUT2D eigenvalue weighted by molar-refractivity contribution is -0.155. The van der Waals surface area contributed by atoms with E-state index in [-0.39, 0.29) is 10.7 Å². The molecule has 0 saturated heterocycles. The van der Waals surface area contributed by atoms with Gasteiger partial charge in [0.1, 0.15) is 36.4 Å². The van der Waals surface area contributed by atoms with Crippen molar-refractivity contribution in [2.45, 2.75) is 56.6 Å². The molecule has 4 aromatic rings. The van der Waals surface area contributed by atoms with Gasteiger partial charge in [0.15, 0.2) is 0 Å². The van der Waals surface area contributed by atoms with Crippen molar-refractivity contribution in [3.05, 3.63) is 132 Å². The molecule has 0 N–H and O–H groups in total. The van der Waals surface area contributed by atoms with E-state index in [0.29, 0.717) is 26.4 Å². The van der Waals surface area contributed by atoms with E-state index < -0.39 is 12.2 Å². The highest BCUT2D eigenvalue weighted by Gasteiger charge is 2.38. The Hall–Kier alpha value is -2.94. The molecule has 5 nitrogen and oxygen atoms in total. The number of hydrogen-bond acceptors (Lipinski definition) is 7. The first-order chi connectivity index (χ1) is 21.7. The molecular formula is C37H44O5S2. The zero-order chi connectivity index (χ0) is 30.8. The fourth-order valence-electron chi connectivity index (χ4n) is 4.71. The maximum Gasteiger partial charge on any atom is 0.121 e. The number of methoxy groups -OCH3 is 1. The predicted octanol–water partition coefficient (Wildman–Crippen LogP) is 8.66. The number of thioether (sulfide) groups is 2. The van der Waals surface area contributed by atoms with Crippen molar-refractivity contribution in [2.24, 2.45) is 0 Å². The summed E-state index contributed by atoms with van der Waals surface area (Å²) in [6.07, 6.45) is -1.10. The number of ether oxygens (including phenoxy) is 5.